The Morgan fingerprint density at radius 1 is 0.440 bits per heavy atom. The molecule has 0 saturated carbocycles. The number of rotatable bonds is 20. The fraction of sp³-hybridized carbons (Fsp3) is 1.00. The van der Waals surface area contributed by atoms with E-state index in [-0.39, 0.29) is 0 Å². The molecule has 0 spiro atoms. The van der Waals surface area contributed by atoms with Gasteiger partial charge in [0.15, 0.2) is 0 Å². The Kier molecular flexibility index (Phi) is 18.7. The highest BCUT2D eigenvalue weighted by Gasteiger charge is 2.27. The number of hydrogen-bond donors (Lipinski definition) is 1. The standard InChI is InChI=1S/C24H51N/c1-5-9-12-14-16-18-21-24(20-8-4,25-23-11-7-3)22-19-17-15-13-10-6-2/h25H,5-23H2,1-4H3. The van der Waals surface area contributed by atoms with Crippen molar-refractivity contribution in [1.29, 1.82) is 0 Å². The summed E-state index contributed by atoms with van der Waals surface area (Å²) in [5.41, 5.74) is 0.444. The molecule has 0 aromatic heterocycles. The van der Waals surface area contributed by atoms with Crippen molar-refractivity contribution in [3.8, 4) is 0 Å². The molecule has 0 rings (SSSR count). The van der Waals surface area contributed by atoms with Crippen molar-refractivity contribution in [3.63, 3.8) is 0 Å². The second-order valence-corrected chi connectivity index (χ2v) is 8.35. The first-order valence-electron chi connectivity index (χ1n) is 12.0. The third-order valence-corrected chi connectivity index (χ3v) is 5.78. The first-order valence-corrected chi connectivity index (χ1v) is 12.0. The van der Waals surface area contributed by atoms with Crippen LogP contribution < -0.4 is 5.32 Å². The molecule has 0 aliphatic carbocycles. The predicted molar refractivity (Wildman–Crippen MR) is 117 cm³/mol. The van der Waals surface area contributed by atoms with Gasteiger partial charge in [-0.15, -0.1) is 0 Å². The number of nitrogens with one attached hydrogen (secondary N) is 1. The summed E-state index contributed by atoms with van der Waals surface area (Å²) in [6.07, 6.45) is 25.2. The van der Waals surface area contributed by atoms with Gasteiger partial charge in [0.2, 0.25) is 0 Å². The lowest BCUT2D eigenvalue weighted by Crippen LogP contribution is -2.45. The zero-order chi connectivity index (χ0) is 18.6. The molecule has 1 heteroatoms. The van der Waals surface area contributed by atoms with Crippen LogP contribution in [0.2, 0.25) is 0 Å². The third kappa shape index (κ3) is 14.8. The molecule has 0 heterocycles. The quantitative estimate of drug-likeness (QED) is 0.217. The monoisotopic (exact) mass is 353 g/mol. The van der Waals surface area contributed by atoms with E-state index in [2.05, 4.69) is 33.0 Å². The highest BCUT2D eigenvalue weighted by atomic mass is 15.0. The van der Waals surface area contributed by atoms with Gasteiger partial charge in [0.05, 0.1) is 0 Å². The van der Waals surface area contributed by atoms with Gasteiger partial charge in [-0.25, -0.2) is 0 Å². The zero-order valence-corrected chi connectivity index (χ0v) is 18.4. The molecule has 0 aromatic rings. The molecule has 152 valence electrons. The van der Waals surface area contributed by atoms with Crippen molar-refractivity contribution in [2.24, 2.45) is 0 Å². The maximum atomic E-state index is 4.04. The summed E-state index contributed by atoms with van der Waals surface area (Å²) in [5, 5.41) is 4.04. The van der Waals surface area contributed by atoms with Gasteiger partial charge in [-0.3, -0.25) is 0 Å². The molecule has 25 heavy (non-hydrogen) atoms. The Morgan fingerprint density at radius 2 is 0.880 bits per heavy atom. The van der Waals surface area contributed by atoms with E-state index >= 15 is 0 Å². The van der Waals surface area contributed by atoms with Gasteiger partial charge in [0.25, 0.3) is 0 Å². The van der Waals surface area contributed by atoms with Crippen LogP contribution in [0.4, 0.5) is 0 Å². The van der Waals surface area contributed by atoms with E-state index in [0.29, 0.717) is 5.54 Å². The Balaban J connectivity index is 4.31. The van der Waals surface area contributed by atoms with Crippen LogP contribution in [0.5, 0.6) is 0 Å². The Labute approximate surface area is 161 Å². The molecule has 0 amide bonds. The molecule has 0 fully saturated rings. The molecular formula is C24H51N. The lowest BCUT2D eigenvalue weighted by molar-refractivity contribution is 0.240. The van der Waals surface area contributed by atoms with Crippen LogP contribution in [0.25, 0.3) is 0 Å². The molecule has 0 unspecified atom stereocenters. The second kappa shape index (κ2) is 18.7. The Bertz CT molecular complexity index is 232. The SMILES string of the molecule is CCCCCCCCC(CCC)(CCCCCCCC)NCCCC. The van der Waals surface area contributed by atoms with Gasteiger partial charge in [0.1, 0.15) is 0 Å². The van der Waals surface area contributed by atoms with Crippen molar-refractivity contribution in [2.45, 2.75) is 149 Å². The Morgan fingerprint density at radius 3 is 1.32 bits per heavy atom. The van der Waals surface area contributed by atoms with Gasteiger partial charge in [-0.1, -0.05) is 118 Å². The normalized spacial score (nSPS) is 12.0. The molecular weight excluding hydrogens is 302 g/mol. The fourth-order valence-electron chi connectivity index (χ4n) is 4.14. The van der Waals surface area contributed by atoms with E-state index < -0.39 is 0 Å². The average Bonchev–Trinajstić information content (AvgIpc) is 2.61. The topological polar surface area (TPSA) is 12.0 Å². The predicted octanol–water partition coefficient (Wildman–Crippen LogP) is 8.42. The molecule has 1 N–H and O–H groups in total. The van der Waals surface area contributed by atoms with Crippen molar-refractivity contribution in [1.82, 2.24) is 5.32 Å². The van der Waals surface area contributed by atoms with E-state index in [1.54, 1.807) is 0 Å². The smallest absolute Gasteiger partial charge is 0.0181 e. The van der Waals surface area contributed by atoms with E-state index in [1.165, 1.54) is 122 Å². The second-order valence-electron chi connectivity index (χ2n) is 8.35. The molecule has 0 aromatic carbocycles. The maximum Gasteiger partial charge on any atom is 0.0181 e. The van der Waals surface area contributed by atoms with Gasteiger partial charge >= 0.3 is 0 Å². The number of hydrogen-bond acceptors (Lipinski definition) is 1. The molecule has 0 bridgehead atoms. The lowest BCUT2D eigenvalue weighted by atomic mass is 9.82. The van der Waals surface area contributed by atoms with Gasteiger partial charge in [0, 0.05) is 5.54 Å². The highest BCUT2D eigenvalue weighted by molar-refractivity contribution is 4.87. The van der Waals surface area contributed by atoms with Crippen molar-refractivity contribution < 1.29 is 0 Å². The molecule has 0 atom stereocenters. The van der Waals surface area contributed by atoms with E-state index in [4.69, 9.17) is 0 Å². The summed E-state index contributed by atoms with van der Waals surface area (Å²) in [5.74, 6) is 0. The van der Waals surface area contributed by atoms with Gasteiger partial charge in [-0.05, 0) is 32.2 Å². The minimum absolute atomic E-state index is 0.444. The average molecular weight is 354 g/mol. The summed E-state index contributed by atoms with van der Waals surface area (Å²) in [4.78, 5) is 0. The summed E-state index contributed by atoms with van der Waals surface area (Å²) < 4.78 is 0. The summed E-state index contributed by atoms with van der Waals surface area (Å²) in [7, 11) is 0. The van der Waals surface area contributed by atoms with E-state index in [1.807, 2.05) is 0 Å². The van der Waals surface area contributed by atoms with E-state index in [9.17, 15) is 0 Å². The Hall–Kier alpha value is -0.0400. The summed E-state index contributed by atoms with van der Waals surface area (Å²) in [6.45, 7) is 10.5. The van der Waals surface area contributed by atoms with E-state index in [0.717, 1.165) is 0 Å². The molecule has 0 saturated heterocycles. The number of unbranched alkanes of at least 4 members (excludes halogenated alkanes) is 11. The van der Waals surface area contributed by atoms with Crippen LogP contribution in [0.15, 0.2) is 0 Å². The highest BCUT2D eigenvalue weighted by Crippen LogP contribution is 2.28. The maximum absolute atomic E-state index is 4.04. The third-order valence-electron chi connectivity index (χ3n) is 5.78. The van der Waals surface area contributed by atoms with Crippen LogP contribution in [0.1, 0.15) is 143 Å². The minimum atomic E-state index is 0.444. The largest absolute Gasteiger partial charge is 0.311 e. The van der Waals surface area contributed by atoms with Crippen LogP contribution in [-0.2, 0) is 0 Å². The summed E-state index contributed by atoms with van der Waals surface area (Å²) in [6, 6.07) is 0. The zero-order valence-electron chi connectivity index (χ0n) is 18.4. The van der Waals surface area contributed by atoms with Crippen molar-refractivity contribution in [2.75, 3.05) is 6.54 Å². The first kappa shape index (κ1) is 25.0. The fourth-order valence-corrected chi connectivity index (χ4v) is 4.14. The lowest BCUT2D eigenvalue weighted by Gasteiger charge is -2.36. The molecule has 0 radical (unpaired) electrons. The molecule has 0 aliphatic heterocycles. The first-order chi connectivity index (χ1) is 12.2. The van der Waals surface area contributed by atoms with Gasteiger partial charge < -0.3 is 5.32 Å². The van der Waals surface area contributed by atoms with Gasteiger partial charge in [-0.2, -0.15) is 0 Å². The molecule has 0 aliphatic rings. The van der Waals surface area contributed by atoms with Crippen LogP contribution in [0.3, 0.4) is 0 Å². The van der Waals surface area contributed by atoms with Crippen LogP contribution in [-0.4, -0.2) is 12.1 Å². The molecule has 1 nitrogen and oxygen atoms in total. The minimum Gasteiger partial charge on any atom is -0.311 e. The summed E-state index contributed by atoms with van der Waals surface area (Å²) >= 11 is 0. The van der Waals surface area contributed by atoms with Crippen LogP contribution in [0, 0.1) is 0 Å². The van der Waals surface area contributed by atoms with Crippen molar-refractivity contribution >= 4 is 0 Å². The van der Waals surface area contributed by atoms with Crippen molar-refractivity contribution in [3.05, 3.63) is 0 Å². The van der Waals surface area contributed by atoms with Crippen LogP contribution >= 0.6 is 0 Å².